The summed E-state index contributed by atoms with van der Waals surface area (Å²) in [6.45, 7) is 0.208. The Bertz CT molecular complexity index is 1970. The second-order valence-corrected chi connectivity index (χ2v) is 14.4. The van der Waals surface area contributed by atoms with Gasteiger partial charge in [-0.05, 0) is 60.9 Å². The molecule has 4 aliphatic rings. The van der Waals surface area contributed by atoms with Crippen LogP contribution in [0, 0.1) is 0 Å². The van der Waals surface area contributed by atoms with Crippen LogP contribution in [0.5, 0.6) is 11.5 Å². The first kappa shape index (κ1) is 28.4. The number of hydrogen-bond donors (Lipinski definition) is 1. The van der Waals surface area contributed by atoms with Gasteiger partial charge in [0.25, 0.3) is 0 Å². The van der Waals surface area contributed by atoms with E-state index in [-0.39, 0.29) is 23.4 Å². The number of fused-ring (bicyclic) bond motifs is 1. The number of hydrogen-bond acceptors (Lipinski definition) is 7. The van der Waals surface area contributed by atoms with E-state index >= 15 is 0 Å². The molecule has 9 nitrogen and oxygen atoms in total. The zero-order chi connectivity index (χ0) is 31.1. The maximum absolute atomic E-state index is 14.6. The van der Waals surface area contributed by atoms with Crippen LogP contribution in [-0.4, -0.2) is 73.1 Å². The van der Waals surface area contributed by atoms with Crippen LogP contribution in [-0.2, 0) is 26.7 Å². The first-order chi connectivity index (χ1) is 21.7. The lowest BCUT2D eigenvalue weighted by Gasteiger charge is -2.64. The smallest absolute Gasteiger partial charge is 0.246 e. The van der Waals surface area contributed by atoms with E-state index in [1.807, 2.05) is 42.5 Å². The lowest BCUT2D eigenvalue weighted by atomic mass is 9.48. The first-order valence-corrected chi connectivity index (χ1v) is 16.7. The summed E-state index contributed by atoms with van der Waals surface area (Å²) in [5.41, 5.74) is 0.265. The summed E-state index contributed by atoms with van der Waals surface area (Å²) >= 11 is 0. The summed E-state index contributed by atoms with van der Waals surface area (Å²) in [4.78, 5) is 15.4. The number of sulfonamides is 1. The number of carbonyl (C=O) groups excluding carboxylic acids is 1. The molecule has 45 heavy (non-hydrogen) atoms. The maximum Gasteiger partial charge on any atom is 0.246 e. The van der Waals surface area contributed by atoms with Gasteiger partial charge in [-0.25, -0.2) is 8.42 Å². The SMILES string of the molecule is COc1ccc2c3c1O[C@H]1[C@H](N(C)C(=O)/C=C/c4ccoc4)CC[C@@]4(O)[C@@H](C2)N(S(=O)(=O)c2cccc5ccccc25)CC[C@]314. The van der Waals surface area contributed by atoms with Gasteiger partial charge in [0.2, 0.25) is 15.9 Å². The van der Waals surface area contributed by atoms with Crippen molar-refractivity contribution >= 4 is 32.8 Å². The molecule has 2 fully saturated rings. The van der Waals surface area contributed by atoms with Gasteiger partial charge in [-0.3, -0.25) is 4.79 Å². The molecule has 2 aliphatic heterocycles. The molecule has 2 bridgehead atoms. The molecule has 10 heteroatoms. The average molecular weight is 627 g/mol. The van der Waals surface area contributed by atoms with Gasteiger partial charge in [-0.2, -0.15) is 4.31 Å². The van der Waals surface area contributed by atoms with Gasteiger partial charge in [0, 0.05) is 36.2 Å². The second-order valence-electron chi connectivity index (χ2n) is 12.6. The Hall–Kier alpha value is -4.12. The first-order valence-electron chi connectivity index (χ1n) is 15.3. The summed E-state index contributed by atoms with van der Waals surface area (Å²) in [6, 6.07) is 17.3. The number of methoxy groups -OCH3 is 1. The highest BCUT2D eigenvalue weighted by molar-refractivity contribution is 7.89. The number of aliphatic hydroxyl groups is 1. The minimum atomic E-state index is -3.99. The van der Waals surface area contributed by atoms with Gasteiger partial charge in [-0.1, -0.05) is 42.5 Å². The second kappa shape index (κ2) is 9.94. The van der Waals surface area contributed by atoms with Gasteiger partial charge >= 0.3 is 0 Å². The monoisotopic (exact) mass is 626 g/mol. The quantitative estimate of drug-likeness (QED) is 0.314. The molecule has 1 amide bonds. The molecular weight excluding hydrogens is 592 g/mol. The number of nitrogens with zero attached hydrogens (tertiary/aromatic N) is 2. The Morgan fingerprint density at radius 2 is 1.93 bits per heavy atom. The number of amides is 1. The van der Waals surface area contributed by atoms with Crippen molar-refractivity contribution in [2.24, 2.45) is 0 Å². The molecule has 5 atom stereocenters. The molecule has 1 spiro atoms. The summed E-state index contributed by atoms with van der Waals surface area (Å²) in [5, 5.41) is 14.5. The minimum Gasteiger partial charge on any atom is -0.493 e. The third-order valence-electron chi connectivity index (χ3n) is 10.7. The number of likely N-dealkylation sites (N-methyl/N-ethyl adjacent to an activating group) is 1. The van der Waals surface area contributed by atoms with Crippen molar-refractivity contribution in [3.05, 3.63) is 96.0 Å². The largest absolute Gasteiger partial charge is 0.493 e. The molecule has 8 rings (SSSR count). The molecule has 1 saturated carbocycles. The predicted octanol–water partition coefficient (Wildman–Crippen LogP) is 4.52. The van der Waals surface area contributed by atoms with Crippen molar-refractivity contribution in [3.8, 4) is 11.5 Å². The summed E-state index contributed by atoms with van der Waals surface area (Å²) in [5.74, 6) is 0.957. The molecule has 0 unspecified atom stereocenters. The molecule has 232 valence electrons. The molecule has 1 N–H and O–H groups in total. The van der Waals surface area contributed by atoms with E-state index < -0.39 is 33.2 Å². The van der Waals surface area contributed by atoms with Crippen LogP contribution in [0.25, 0.3) is 16.8 Å². The predicted molar refractivity (Wildman–Crippen MR) is 168 cm³/mol. The Labute approximate surface area is 261 Å². The van der Waals surface area contributed by atoms with Crippen molar-refractivity contribution < 1.29 is 32.2 Å². The number of furan rings is 1. The Balaban J connectivity index is 1.23. The van der Waals surface area contributed by atoms with Gasteiger partial charge in [-0.15, -0.1) is 0 Å². The van der Waals surface area contributed by atoms with Crippen LogP contribution in [0.2, 0.25) is 0 Å². The van der Waals surface area contributed by atoms with Gasteiger partial charge in [0.15, 0.2) is 11.5 Å². The van der Waals surface area contributed by atoms with Crippen molar-refractivity contribution in [2.45, 2.75) is 59.8 Å². The van der Waals surface area contributed by atoms with E-state index in [4.69, 9.17) is 13.9 Å². The molecule has 1 aromatic heterocycles. The van der Waals surface area contributed by atoms with Crippen LogP contribution in [0.1, 0.15) is 36.0 Å². The van der Waals surface area contributed by atoms with Crippen molar-refractivity contribution in [2.75, 3.05) is 20.7 Å². The van der Waals surface area contributed by atoms with E-state index in [2.05, 4.69) is 0 Å². The zero-order valence-corrected chi connectivity index (χ0v) is 25.9. The van der Waals surface area contributed by atoms with Gasteiger partial charge in [0.05, 0.1) is 47.6 Å². The summed E-state index contributed by atoms with van der Waals surface area (Å²) in [6.07, 6.45) is 7.17. The van der Waals surface area contributed by atoms with Crippen molar-refractivity contribution in [1.82, 2.24) is 9.21 Å². The number of piperidine rings is 1. The fraction of sp³-hybridized carbons (Fsp3) is 0.343. The third-order valence-corrected chi connectivity index (χ3v) is 12.7. The van der Waals surface area contributed by atoms with E-state index in [0.717, 1.165) is 22.1 Å². The highest BCUT2D eigenvalue weighted by Gasteiger charge is 2.74. The zero-order valence-electron chi connectivity index (χ0n) is 25.0. The van der Waals surface area contributed by atoms with Crippen LogP contribution in [0.15, 0.2) is 88.6 Å². The lowest BCUT2D eigenvalue weighted by Crippen LogP contribution is -2.78. The fourth-order valence-corrected chi connectivity index (χ4v) is 10.6. The number of rotatable bonds is 6. The molecule has 3 aromatic carbocycles. The van der Waals surface area contributed by atoms with Gasteiger partial charge < -0.3 is 23.9 Å². The summed E-state index contributed by atoms with van der Waals surface area (Å²) < 4.78 is 48.3. The molecular formula is C35H34N2O7S. The normalized spacial score (nSPS) is 28.6. The molecule has 2 aliphatic carbocycles. The van der Waals surface area contributed by atoms with Crippen LogP contribution in [0.4, 0.5) is 0 Å². The van der Waals surface area contributed by atoms with Crippen LogP contribution in [0.3, 0.4) is 0 Å². The summed E-state index contributed by atoms with van der Waals surface area (Å²) in [7, 11) is -0.641. The van der Waals surface area contributed by atoms with E-state index in [9.17, 15) is 18.3 Å². The van der Waals surface area contributed by atoms with E-state index in [0.29, 0.717) is 42.6 Å². The van der Waals surface area contributed by atoms with Crippen molar-refractivity contribution in [1.29, 1.82) is 0 Å². The minimum absolute atomic E-state index is 0.196. The topological polar surface area (TPSA) is 110 Å². The number of ether oxygens (including phenoxy) is 2. The standard InChI is InChI=1S/C35H34N2O7S/c1-36(30(38)13-10-22-15-19-43-21-22)26-14-16-35(39)29-20-24-11-12-27(42-2)32-31(24)34(35,33(26)44-32)17-18-37(29)45(40,41)28-9-5-7-23-6-3-4-8-25(23)28/h3-13,15,19,21,26,29,33,39H,14,16-18,20H2,1-2H3/b13-10+/t26-,29-,33+,34+,35-/m1/s1. The Morgan fingerprint density at radius 3 is 2.73 bits per heavy atom. The Morgan fingerprint density at radius 1 is 1.11 bits per heavy atom. The third kappa shape index (κ3) is 3.79. The van der Waals surface area contributed by atoms with E-state index in [1.165, 1.54) is 10.4 Å². The highest BCUT2D eigenvalue weighted by Crippen LogP contribution is 2.66. The lowest BCUT2D eigenvalue weighted by molar-refractivity contribution is -0.186. The Kier molecular flexibility index (Phi) is 6.26. The molecule has 3 heterocycles. The maximum atomic E-state index is 14.6. The fourth-order valence-electron chi connectivity index (χ4n) is 8.68. The van der Waals surface area contributed by atoms with Gasteiger partial charge in [0.1, 0.15) is 6.10 Å². The van der Waals surface area contributed by atoms with Crippen LogP contribution < -0.4 is 9.47 Å². The van der Waals surface area contributed by atoms with Crippen LogP contribution >= 0.6 is 0 Å². The molecule has 1 saturated heterocycles. The molecule has 4 aromatic rings. The van der Waals surface area contributed by atoms with Crippen molar-refractivity contribution in [3.63, 3.8) is 0 Å². The van der Waals surface area contributed by atoms with E-state index in [1.54, 1.807) is 55.9 Å². The molecule has 0 radical (unpaired) electrons. The highest BCUT2D eigenvalue weighted by atomic mass is 32.2. The number of benzene rings is 3. The number of carbonyl (C=O) groups is 1. The average Bonchev–Trinajstić information content (AvgIpc) is 3.69.